The van der Waals surface area contributed by atoms with Crippen molar-refractivity contribution in [2.75, 3.05) is 19.1 Å². The normalized spacial score (nSPS) is 13.1. The van der Waals surface area contributed by atoms with Crippen molar-refractivity contribution >= 4 is 11.8 Å². The quantitative estimate of drug-likeness (QED) is 0.708. The van der Waals surface area contributed by atoms with Gasteiger partial charge in [0.15, 0.2) is 5.82 Å². The van der Waals surface area contributed by atoms with Gasteiger partial charge in [-0.05, 0) is 42.8 Å². The zero-order chi connectivity index (χ0) is 10.4. The van der Waals surface area contributed by atoms with Crippen molar-refractivity contribution in [2.45, 2.75) is 25.9 Å². The highest BCUT2D eigenvalue weighted by molar-refractivity contribution is 7.98. The van der Waals surface area contributed by atoms with Crippen molar-refractivity contribution in [1.29, 1.82) is 0 Å². The lowest BCUT2D eigenvalue weighted by Crippen LogP contribution is -2.18. The van der Waals surface area contributed by atoms with Crippen LogP contribution in [0.4, 0.5) is 0 Å². The molecule has 1 aromatic rings. The Morgan fingerprint density at radius 1 is 1.57 bits per heavy atom. The monoisotopic (exact) mass is 215 g/mol. The summed E-state index contributed by atoms with van der Waals surface area (Å²) in [6, 6.07) is 0.208. The number of nitrogens with zero attached hydrogens (tertiary/aromatic N) is 4. The Kier molecular flexibility index (Phi) is 4.89. The molecule has 1 heterocycles. The number of rotatable bonds is 6. The fourth-order valence-electron chi connectivity index (χ4n) is 1.17. The zero-order valence-electron chi connectivity index (χ0n) is 8.90. The minimum atomic E-state index is 0.208. The van der Waals surface area contributed by atoms with Crippen LogP contribution in [-0.2, 0) is 6.54 Å². The molecule has 6 heteroatoms. The molecule has 0 spiro atoms. The number of hydrogen-bond donors (Lipinski definition) is 1. The topological polar surface area (TPSA) is 55.6 Å². The van der Waals surface area contributed by atoms with Gasteiger partial charge in [-0.15, -0.1) is 5.10 Å². The van der Waals surface area contributed by atoms with Crippen LogP contribution in [-0.4, -0.2) is 39.3 Å². The van der Waals surface area contributed by atoms with Gasteiger partial charge < -0.3 is 5.32 Å². The van der Waals surface area contributed by atoms with E-state index in [2.05, 4.69) is 34.0 Å². The molecule has 0 aliphatic heterocycles. The lowest BCUT2D eigenvalue weighted by atomic mass is 10.3. The van der Waals surface area contributed by atoms with Gasteiger partial charge >= 0.3 is 0 Å². The van der Waals surface area contributed by atoms with Gasteiger partial charge in [0, 0.05) is 6.54 Å². The highest BCUT2D eigenvalue weighted by Gasteiger charge is 2.11. The van der Waals surface area contributed by atoms with Crippen molar-refractivity contribution in [3.63, 3.8) is 0 Å². The summed E-state index contributed by atoms with van der Waals surface area (Å²) in [7, 11) is 1.91. The van der Waals surface area contributed by atoms with Crippen molar-refractivity contribution in [1.82, 2.24) is 25.5 Å². The summed E-state index contributed by atoms with van der Waals surface area (Å²) in [5.41, 5.74) is 0. The van der Waals surface area contributed by atoms with Crippen LogP contribution in [0, 0.1) is 0 Å². The second-order valence-corrected chi connectivity index (χ2v) is 4.10. The maximum Gasteiger partial charge on any atom is 0.167 e. The Hall–Kier alpha value is -0.620. The highest BCUT2D eigenvalue weighted by atomic mass is 32.2. The van der Waals surface area contributed by atoms with E-state index in [4.69, 9.17) is 0 Å². The van der Waals surface area contributed by atoms with Crippen molar-refractivity contribution in [3.8, 4) is 0 Å². The Labute approximate surface area is 88.6 Å². The van der Waals surface area contributed by atoms with Crippen LogP contribution < -0.4 is 5.32 Å². The summed E-state index contributed by atoms with van der Waals surface area (Å²) in [5, 5.41) is 14.8. The van der Waals surface area contributed by atoms with Gasteiger partial charge in [0.25, 0.3) is 0 Å². The van der Waals surface area contributed by atoms with E-state index < -0.39 is 0 Å². The lowest BCUT2D eigenvalue weighted by molar-refractivity contribution is 0.508. The molecule has 1 unspecified atom stereocenters. The van der Waals surface area contributed by atoms with Crippen LogP contribution in [0.5, 0.6) is 0 Å². The second kappa shape index (κ2) is 5.98. The average Bonchev–Trinajstić information content (AvgIpc) is 2.65. The second-order valence-electron chi connectivity index (χ2n) is 3.12. The predicted molar refractivity (Wildman–Crippen MR) is 58.3 cm³/mol. The van der Waals surface area contributed by atoms with Gasteiger partial charge in [0.1, 0.15) is 0 Å². The smallest absolute Gasteiger partial charge is 0.167 e. The molecule has 0 amide bonds. The van der Waals surface area contributed by atoms with Gasteiger partial charge in [-0.1, -0.05) is 0 Å². The number of nitrogens with one attached hydrogen (secondary N) is 1. The molecule has 0 aliphatic carbocycles. The molecule has 0 saturated carbocycles. The number of aromatic nitrogens is 4. The van der Waals surface area contributed by atoms with Gasteiger partial charge in [0.2, 0.25) is 0 Å². The summed E-state index contributed by atoms with van der Waals surface area (Å²) >= 11 is 1.85. The van der Waals surface area contributed by atoms with E-state index in [1.807, 2.05) is 23.5 Å². The molecule has 0 radical (unpaired) electrons. The molecule has 1 aromatic heterocycles. The van der Waals surface area contributed by atoms with Gasteiger partial charge in [-0.25, -0.2) is 4.68 Å². The van der Waals surface area contributed by atoms with E-state index >= 15 is 0 Å². The summed E-state index contributed by atoms with van der Waals surface area (Å²) < 4.78 is 1.87. The van der Waals surface area contributed by atoms with E-state index in [9.17, 15) is 0 Å². The van der Waals surface area contributed by atoms with Crippen LogP contribution in [0.1, 0.15) is 25.2 Å². The number of aryl methyl sites for hydroxylation is 1. The van der Waals surface area contributed by atoms with E-state index in [1.165, 1.54) is 0 Å². The van der Waals surface area contributed by atoms with E-state index in [1.54, 1.807) is 0 Å². The van der Waals surface area contributed by atoms with Crippen LogP contribution in [0.3, 0.4) is 0 Å². The molecule has 80 valence electrons. The Balaban J connectivity index is 2.53. The summed E-state index contributed by atoms with van der Waals surface area (Å²) in [5.74, 6) is 2.06. The van der Waals surface area contributed by atoms with Crippen molar-refractivity contribution < 1.29 is 0 Å². The fourth-order valence-corrected chi connectivity index (χ4v) is 1.59. The molecule has 1 atom stereocenters. The van der Waals surface area contributed by atoms with E-state index in [0.717, 1.165) is 24.5 Å². The Morgan fingerprint density at radius 3 is 3.00 bits per heavy atom. The van der Waals surface area contributed by atoms with E-state index in [-0.39, 0.29) is 6.04 Å². The number of hydrogen-bond acceptors (Lipinski definition) is 5. The number of thioether (sulfide) groups is 1. The summed E-state index contributed by atoms with van der Waals surface area (Å²) in [6.45, 7) is 2.95. The third kappa shape index (κ3) is 2.95. The van der Waals surface area contributed by atoms with Crippen molar-refractivity contribution in [3.05, 3.63) is 5.82 Å². The first-order valence-corrected chi connectivity index (χ1v) is 6.11. The average molecular weight is 215 g/mol. The highest BCUT2D eigenvalue weighted by Crippen LogP contribution is 2.07. The first-order valence-electron chi connectivity index (χ1n) is 4.72. The summed E-state index contributed by atoms with van der Waals surface area (Å²) in [6.07, 6.45) is 3.21. The van der Waals surface area contributed by atoms with Gasteiger partial charge in [-0.2, -0.15) is 11.8 Å². The van der Waals surface area contributed by atoms with Crippen molar-refractivity contribution in [2.24, 2.45) is 0 Å². The molecule has 0 fully saturated rings. The third-order valence-corrected chi connectivity index (χ3v) is 2.80. The van der Waals surface area contributed by atoms with Gasteiger partial charge in [-0.3, -0.25) is 0 Å². The minimum Gasteiger partial charge on any atom is -0.311 e. The maximum atomic E-state index is 4.00. The molecular weight excluding hydrogens is 198 g/mol. The minimum absolute atomic E-state index is 0.208. The Morgan fingerprint density at radius 2 is 2.36 bits per heavy atom. The molecule has 0 bridgehead atoms. The standard InChI is InChI=1S/C8H17N5S/c1-7(9-2)8-10-11-12-13(8)5-4-6-14-3/h7,9H,4-6H2,1-3H3. The van der Waals surface area contributed by atoms with Crippen LogP contribution in [0.15, 0.2) is 0 Å². The fraction of sp³-hybridized carbons (Fsp3) is 0.875. The number of tetrazole rings is 1. The lowest BCUT2D eigenvalue weighted by Gasteiger charge is -2.09. The first kappa shape index (κ1) is 11.5. The van der Waals surface area contributed by atoms with E-state index in [0.29, 0.717) is 0 Å². The molecule has 1 rings (SSSR count). The summed E-state index contributed by atoms with van der Waals surface area (Å²) in [4.78, 5) is 0. The molecular formula is C8H17N5S. The predicted octanol–water partition coefficient (Wildman–Crippen LogP) is 0.707. The third-order valence-electron chi connectivity index (χ3n) is 2.10. The maximum absolute atomic E-state index is 4.00. The first-order chi connectivity index (χ1) is 6.79. The molecule has 5 nitrogen and oxygen atoms in total. The van der Waals surface area contributed by atoms with Crippen LogP contribution in [0.25, 0.3) is 0 Å². The molecule has 1 N–H and O–H groups in total. The largest absolute Gasteiger partial charge is 0.311 e. The SMILES string of the molecule is CNC(C)c1nnnn1CCCSC. The molecule has 0 aromatic carbocycles. The molecule has 14 heavy (non-hydrogen) atoms. The Bertz CT molecular complexity index is 262. The van der Waals surface area contributed by atoms with Crippen LogP contribution >= 0.6 is 11.8 Å². The molecule has 0 saturated heterocycles. The molecule has 0 aliphatic rings. The zero-order valence-corrected chi connectivity index (χ0v) is 9.71. The van der Waals surface area contributed by atoms with Crippen LogP contribution in [0.2, 0.25) is 0 Å². The van der Waals surface area contributed by atoms with Gasteiger partial charge in [0.05, 0.1) is 6.04 Å².